The van der Waals surface area contributed by atoms with Crippen LogP contribution < -0.4 is 0 Å². The fourth-order valence-corrected chi connectivity index (χ4v) is 2.88. The Bertz CT molecular complexity index is 929. The number of hydrogen-bond acceptors (Lipinski definition) is 5. The van der Waals surface area contributed by atoms with Crippen LogP contribution in [0.2, 0.25) is 0 Å². The normalized spacial score (nSPS) is 11.4. The van der Waals surface area contributed by atoms with Gasteiger partial charge in [-0.2, -0.15) is 0 Å². The van der Waals surface area contributed by atoms with E-state index in [9.17, 15) is 9.90 Å². The number of rotatable bonds is 7. The first-order chi connectivity index (χ1) is 13.3. The summed E-state index contributed by atoms with van der Waals surface area (Å²) in [4.78, 5) is 18.4. The fourth-order valence-electron chi connectivity index (χ4n) is 2.88. The number of benzene rings is 1. The molecule has 0 bridgehead atoms. The minimum atomic E-state index is -0.727. The highest BCUT2D eigenvalue weighted by Crippen LogP contribution is 2.20. The molecular formula is C22H25N3O3. The Morgan fingerprint density at radius 2 is 1.93 bits per heavy atom. The zero-order valence-electron chi connectivity index (χ0n) is 16.4. The summed E-state index contributed by atoms with van der Waals surface area (Å²) in [5.41, 5.74) is 2.55. The second-order valence-electron chi connectivity index (χ2n) is 7.59. The summed E-state index contributed by atoms with van der Waals surface area (Å²) in [6.45, 7) is 3.89. The van der Waals surface area contributed by atoms with E-state index in [0.717, 1.165) is 11.1 Å². The lowest BCUT2D eigenvalue weighted by Gasteiger charge is -2.18. The lowest BCUT2D eigenvalue weighted by molar-refractivity contribution is 0.0714. The third kappa shape index (κ3) is 5.27. The lowest BCUT2D eigenvalue weighted by Crippen LogP contribution is -2.26. The standard InChI is InChI=1S/C22H25N3O3/c1-22(2,27)10-7-16-5-4-6-18(13-16)21(26)25(3)15-19-14-20(24-28-19)17-8-11-23-12-9-17/h4-6,8-9,11-14,27H,7,10,15H2,1-3H3. The zero-order valence-corrected chi connectivity index (χ0v) is 16.4. The van der Waals surface area contributed by atoms with Gasteiger partial charge in [-0.15, -0.1) is 0 Å². The van der Waals surface area contributed by atoms with E-state index < -0.39 is 5.60 Å². The smallest absolute Gasteiger partial charge is 0.254 e. The predicted molar refractivity (Wildman–Crippen MR) is 107 cm³/mol. The second-order valence-corrected chi connectivity index (χ2v) is 7.59. The molecule has 0 fully saturated rings. The molecule has 2 heterocycles. The first-order valence-electron chi connectivity index (χ1n) is 9.24. The van der Waals surface area contributed by atoms with Crippen molar-refractivity contribution in [1.29, 1.82) is 0 Å². The molecule has 6 heteroatoms. The summed E-state index contributed by atoms with van der Waals surface area (Å²) in [6, 6.07) is 13.1. The van der Waals surface area contributed by atoms with Crippen LogP contribution in [-0.4, -0.2) is 38.7 Å². The molecule has 0 spiro atoms. The maximum absolute atomic E-state index is 12.8. The number of nitrogens with zero attached hydrogens (tertiary/aromatic N) is 3. The van der Waals surface area contributed by atoms with E-state index >= 15 is 0 Å². The molecule has 1 amide bonds. The Morgan fingerprint density at radius 3 is 2.64 bits per heavy atom. The Labute approximate surface area is 164 Å². The summed E-state index contributed by atoms with van der Waals surface area (Å²) >= 11 is 0. The molecule has 0 saturated heterocycles. The summed E-state index contributed by atoms with van der Waals surface area (Å²) < 4.78 is 5.38. The molecule has 146 valence electrons. The predicted octanol–water partition coefficient (Wildman–Crippen LogP) is 3.71. The van der Waals surface area contributed by atoms with Crippen LogP contribution in [0.4, 0.5) is 0 Å². The molecule has 1 aromatic carbocycles. The summed E-state index contributed by atoms with van der Waals surface area (Å²) in [6.07, 6.45) is 4.75. The summed E-state index contributed by atoms with van der Waals surface area (Å²) in [5, 5.41) is 14.0. The minimum Gasteiger partial charge on any atom is -0.390 e. The molecular weight excluding hydrogens is 354 g/mol. The molecule has 28 heavy (non-hydrogen) atoms. The van der Waals surface area contributed by atoms with Crippen molar-refractivity contribution >= 4 is 5.91 Å². The number of aryl methyl sites for hydroxylation is 1. The fraction of sp³-hybridized carbons (Fsp3) is 0.318. The number of aliphatic hydroxyl groups is 1. The molecule has 0 atom stereocenters. The number of carbonyl (C=O) groups excluding carboxylic acids is 1. The van der Waals surface area contributed by atoms with Crippen molar-refractivity contribution in [3.8, 4) is 11.3 Å². The molecule has 0 unspecified atom stereocenters. The molecule has 0 aliphatic heterocycles. The third-order valence-corrected chi connectivity index (χ3v) is 4.47. The minimum absolute atomic E-state index is 0.0908. The van der Waals surface area contributed by atoms with Crippen LogP contribution in [-0.2, 0) is 13.0 Å². The average molecular weight is 379 g/mol. The van der Waals surface area contributed by atoms with Crippen LogP contribution in [0.25, 0.3) is 11.3 Å². The van der Waals surface area contributed by atoms with Gasteiger partial charge in [0, 0.05) is 36.6 Å². The molecule has 2 aromatic heterocycles. The van der Waals surface area contributed by atoms with Gasteiger partial charge in [-0.05, 0) is 56.5 Å². The van der Waals surface area contributed by atoms with Gasteiger partial charge in [0.2, 0.25) is 0 Å². The maximum Gasteiger partial charge on any atom is 0.254 e. The van der Waals surface area contributed by atoms with Crippen molar-refractivity contribution < 1.29 is 14.4 Å². The van der Waals surface area contributed by atoms with E-state index in [-0.39, 0.29) is 5.91 Å². The van der Waals surface area contributed by atoms with Gasteiger partial charge in [0.25, 0.3) is 5.91 Å². The molecule has 0 aliphatic rings. The van der Waals surface area contributed by atoms with Crippen molar-refractivity contribution in [3.05, 3.63) is 71.7 Å². The van der Waals surface area contributed by atoms with Crippen LogP contribution >= 0.6 is 0 Å². The maximum atomic E-state index is 12.8. The van der Waals surface area contributed by atoms with Crippen molar-refractivity contribution in [3.63, 3.8) is 0 Å². The molecule has 1 N–H and O–H groups in total. The third-order valence-electron chi connectivity index (χ3n) is 4.47. The highest BCUT2D eigenvalue weighted by Gasteiger charge is 2.17. The van der Waals surface area contributed by atoms with Gasteiger partial charge in [-0.25, -0.2) is 0 Å². The van der Waals surface area contributed by atoms with Crippen molar-refractivity contribution in [2.45, 2.75) is 38.8 Å². The zero-order chi connectivity index (χ0) is 20.1. The molecule has 3 aromatic rings. The van der Waals surface area contributed by atoms with Crippen molar-refractivity contribution in [1.82, 2.24) is 15.0 Å². The van der Waals surface area contributed by atoms with Crippen LogP contribution in [0.3, 0.4) is 0 Å². The number of hydrogen-bond donors (Lipinski definition) is 1. The van der Waals surface area contributed by atoms with E-state index in [1.165, 1.54) is 0 Å². The molecule has 0 saturated carbocycles. The summed E-state index contributed by atoms with van der Waals surface area (Å²) in [7, 11) is 1.74. The van der Waals surface area contributed by atoms with Crippen molar-refractivity contribution in [2.24, 2.45) is 0 Å². The highest BCUT2D eigenvalue weighted by molar-refractivity contribution is 5.94. The lowest BCUT2D eigenvalue weighted by atomic mass is 9.98. The van der Waals surface area contributed by atoms with Gasteiger partial charge in [0.1, 0.15) is 5.69 Å². The monoisotopic (exact) mass is 379 g/mol. The number of pyridine rings is 1. The first-order valence-corrected chi connectivity index (χ1v) is 9.24. The number of aromatic nitrogens is 2. The van der Waals surface area contributed by atoms with E-state index in [1.54, 1.807) is 44.3 Å². The Balaban J connectivity index is 1.66. The van der Waals surface area contributed by atoms with Gasteiger partial charge < -0.3 is 14.5 Å². The van der Waals surface area contributed by atoms with Gasteiger partial charge in [-0.3, -0.25) is 9.78 Å². The Kier molecular flexibility index (Phi) is 5.90. The quantitative estimate of drug-likeness (QED) is 0.677. The molecule has 3 rings (SSSR count). The largest absolute Gasteiger partial charge is 0.390 e. The topological polar surface area (TPSA) is 79.5 Å². The highest BCUT2D eigenvalue weighted by atomic mass is 16.5. The van der Waals surface area contributed by atoms with Gasteiger partial charge in [-0.1, -0.05) is 17.3 Å². The SMILES string of the molecule is CN(Cc1cc(-c2ccncc2)no1)C(=O)c1cccc(CCC(C)(C)O)c1. The van der Waals surface area contributed by atoms with Crippen LogP contribution in [0.15, 0.2) is 59.4 Å². The molecule has 0 aliphatic carbocycles. The Hall–Kier alpha value is -2.99. The first kappa shape index (κ1) is 19.8. The van der Waals surface area contributed by atoms with E-state index in [2.05, 4.69) is 10.1 Å². The van der Waals surface area contributed by atoms with Crippen LogP contribution in [0.1, 0.15) is 41.9 Å². The van der Waals surface area contributed by atoms with Crippen LogP contribution in [0, 0.1) is 0 Å². The molecule has 6 nitrogen and oxygen atoms in total. The molecule has 0 radical (unpaired) electrons. The van der Waals surface area contributed by atoms with Gasteiger partial charge in [0.15, 0.2) is 5.76 Å². The number of amides is 1. The van der Waals surface area contributed by atoms with Gasteiger partial charge in [0.05, 0.1) is 12.1 Å². The van der Waals surface area contributed by atoms with E-state index in [0.29, 0.717) is 36.4 Å². The number of carbonyl (C=O) groups is 1. The average Bonchev–Trinajstić information content (AvgIpc) is 3.14. The van der Waals surface area contributed by atoms with E-state index in [1.807, 2.05) is 36.4 Å². The van der Waals surface area contributed by atoms with Gasteiger partial charge >= 0.3 is 0 Å². The van der Waals surface area contributed by atoms with Crippen LogP contribution in [0.5, 0.6) is 0 Å². The van der Waals surface area contributed by atoms with Crippen molar-refractivity contribution in [2.75, 3.05) is 7.05 Å². The van der Waals surface area contributed by atoms with E-state index in [4.69, 9.17) is 4.52 Å². The summed E-state index contributed by atoms with van der Waals surface area (Å²) in [5.74, 6) is 0.521. The second kappa shape index (κ2) is 8.35. The Morgan fingerprint density at radius 1 is 1.18 bits per heavy atom.